The van der Waals surface area contributed by atoms with Crippen LogP contribution in [-0.4, -0.2) is 18.4 Å². The standard InChI is InChI=1S/C7H16O2S/c1-6(2)10(8,9)7(3,4)5/h6H,1-5H3. The van der Waals surface area contributed by atoms with Gasteiger partial charge in [0.25, 0.3) is 0 Å². The Hall–Kier alpha value is -0.0500. The van der Waals surface area contributed by atoms with E-state index in [1.54, 1.807) is 34.6 Å². The van der Waals surface area contributed by atoms with Crippen LogP contribution in [0.25, 0.3) is 0 Å². The van der Waals surface area contributed by atoms with E-state index in [9.17, 15) is 8.42 Å². The highest BCUT2D eigenvalue weighted by molar-refractivity contribution is 7.93. The summed E-state index contributed by atoms with van der Waals surface area (Å²) in [6, 6.07) is 0. The summed E-state index contributed by atoms with van der Waals surface area (Å²) in [5.74, 6) is 0. The van der Waals surface area contributed by atoms with E-state index in [4.69, 9.17) is 0 Å². The van der Waals surface area contributed by atoms with E-state index < -0.39 is 14.6 Å². The Balaban J connectivity index is 4.79. The van der Waals surface area contributed by atoms with E-state index in [1.165, 1.54) is 0 Å². The second-order valence-corrected chi connectivity index (χ2v) is 6.96. The molecule has 0 bridgehead atoms. The molecule has 0 amide bonds. The Kier molecular flexibility index (Phi) is 2.52. The molecule has 0 spiro atoms. The molecule has 0 aromatic carbocycles. The first-order chi connectivity index (χ1) is 4.19. The lowest BCUT2D eigenvalue weighted by Gasteiger charge is -2.21. The minimum atomic E-state index is -2.91. The zero-order chi connectivity index (χ0) is 8.58. The molecular weight excluding hydrogens is 148 g/mol. The second kappa shape index (κ2) is 2.53. The number of sulfone groups is 1. The van der Waals surface area contributed by atoms with E-state index in [2.05, 4.69) is 0 Å². The summed E-state index contributed by atoms with van der Waals surface area (Å²) >= 11 is 0. The van der Waals surface area contributed by atoms with Gasteiger partial charge in [0.2, 0.25) is 0 Å². The Bertz CT molecular complexity index is 194. The predicted octanol–water partition coefficient (Wildman–Crippen LogP) is 1.61. The van der Waals surface area contributed by atoms with Gasteiger partial charge in [0.15, 0.2) is 9.84 Å². The molecule has 0 radical (unpaired) electrons. The monoisotopic (exact) mass is 164 g/mol. The molecule has 0 rings (SSSR count). The summed E-state index contributed by atoms with van der Waals surface area (Å²) < 4.78 is 22.1. The van der Waals surface area contributed by atoms with Gasteiger partial charge < -0.3 is 0 Å². The van der Waals surface area contributed by atoms with Gasteiger partial charge in [-0.25, -0.2) is 8.42 Å². The van der Waals surface area contributed by atoms with Crippen LogP contribution in [0.1, 0.15) is 34.6 Å². The van der Waals surface area contributed by atoms with Crippen LogP contribution in [0.15, 0.2) is 0 Å². The van der Waals surface area contributed by atoms with Crippen molar-refractivity contribution in [3.05, 3.63) is 0 Å². The first kappa shape index (κ1) is 9.95. The molecule has 0 aromatic heterocycles. The van der Waals surface area contributed by atoms with E-state index >= 15 is 0 Å². The van der Waals surface area contributed by atoms with Crippen molar-refractivity contribution >= 4 is 9.84 Å². The van der Waals surface area contributed by atoms with Gasteiger partial charge in [-0.1, -0.05) is 0 Å². The molecule has 0 aliphatic carbocycles. The largest absolute Gasteiger partial charge is 0.228 e. The average molecular weight is 164 g/mol. The molecule has 3 heteroatoms. The van der Waals surface area contributed by atoms with Crippen LogP contribution >= 0.6 is 0 Å². The SMILES string of the molecule is CC(C)S(=O)(=O)C(C)(C)C. The van der Waals surface area contributed by atoms with Gasteiger partial charge in [0, 0.05) is 0 Å². The lowest BCUT2D eigenvalue weighted by Crippen LogP contribution is -2.34. The Labute approximate surface area is 63.6 Å². The Morgan fingerprint density at radius 3 is 1.40 bits per heavy atom. The molecule has 0 N–H and O–H groups in total. The lowest BCUT2D eigenvalue weighted by atomic mass is 10.3. The van der Waals surface area contributed by atoms with Gasteiger partial charge in [-0.3, -0.25) is 0 Å². The molecule has 0 atom stereocenters. The van der Waals surface area contributed by atoms with Gasteiger partial charge >= 0.3 is 0 Å². The minimum absolute atomic E-state index is 0.271. The summed E-state index contributed by atoms with van der Waals surface area (Å²) in [6.45, 7) is 8.59. The lowest BCUT2D eigenvalue weighted by molar-refractivity contribution is 0.551. The average Bonchev–Trinajstić information content (AvgIpc) is 1.62. The fourth-order valence-electron chi connectivity index (χ4n) is 0.707. The molecule has 62 valence electrons. The smallest absolute Gasteiger partial charge is 0.157 e. The van der Waals surface area contributed by atoms with Crippen molar-refractivity contribution in [2.45, 2.75) is 44.6 Å². The van der Waals surface area contributed by atoms with E-state index in [0.29, 0.717) is 0 Å². The first-order valence-corrected chi connectivity index (χ1v) is 4.97. The maximum atomic E-state index is 11.4. The van der Waals surface area contributed by atoms with Crippen molar-refractivity contribution in [1.29, 1.82) is 0 Å². The third-order valence-corrected chi connectivity index (χ3v) is 4.42. The van der Waals surface area contributed by atoms with Crippen LogP contribution in [0.4, 0.5) is 0 Å². The van der Waals surface area contributed by atoms with E-state index in [1.807, 2.05) is 0 Å². The van der Waals surface area contributed by atoms with Gasteiger partial charge in [-0.05, 0) is 34.6 Å². The van der Waals surface area contributed by atoms with Crippen molar-refractivity contribution in [2.24, 2.45) is 0 Å². The topological polar surface area (TPSA) is 34.1 Å². The number of rotatable bonds is 1. The maximum absolute atomic E-state index is 11.4. The van der Waals surface area contributed by atoms with E-state index in [-0.39, 0.29) is 5.25 Å². The van der Waals surface area contributed by atoms with Crippen molar-refractivity contribution in [1.82, 2.24) is 0 Å². The summed E-state index contributed by atoms with van der Waals surface area (Å²) in [6.07, 6.45) is 0. The number of hydrogen-bond donors (Lipinski definition) is 0. The zero-order valence-corrected chi connectivity index (χ0v) is 8.12. The highest BCUT2D eigenvalue weighted by Crippen LogP contribution is 2.19. The van der Waals surface area contributed by atoms with Crippen molar-refractivity contribution in [3.63, 3.8) is 0 Å². The molecule has 0 aliphatic heterocycles. The van der Waals surface area contributed by atoms with Gasteiger partial charge in [0.1, 0.15) is 0 Å². The summed E-state index contributed by atoms with van der Waals surface area (Å²) in [5, 5.41) is -0.271. The molecule has 0 heterocycles. The highest BCUT2D eigenvalue weighted by atomic mass is 32.2. The quantitative estimate of drug-likeness (QED) is 0.590. The van der Waals surface area contributed by atoms with Gasteiger partial charge in [-0.15, -0.1) is 0 Å². The van der Waals surface area contributed by atoms with Crippen molar-refractivity contribution < 1.29 is 8.42 Å². The van der Waals surface area contributed by atoms with Crippen LogP contribution in [0.3, 0.4) is 0 Å². The minimum Gasteiger partial charge on any atom is -0.228 e. The molecule has 10 heavy (non-hydrogen) atoms. The Morgan fingerprint density at radius 2 is 1.40 bits per heavy atom. The molecule has 0 saturated carbocycles. The van der Waals surface area contributed by atoms with Crippen LogP contribution < -0.4 is 0 Å². The molecule has 0 aromatic rings. The van der Waals surface area contributed by atoms with Crippen molar-refractivity contribution in [2.75, 3.05) is 0 Å². The van der Waals surface area contributed by atoms with Crippen molar-refractivity contribution in [3.8, 4) is 0 Å². The molecular formula is C7H16O2S. The third-order valence-electron chi connectivity index (χ3n) is 1.47. The third kappa shape index (κ3) is 1.72. The van der Waals surface area contributed by atoms with Crippen LogP contribution in [0.5, 0.6) is 0 Å². The normalized spacial score (nSPS) is 14.2. The first-order valence-electron chi connectivity index (χ1n) is 3.43. The highest BCUT2D eigenvalue weighted by Gasteiger charge is 2.31. The molecule has 0 aliphatic rings. The molecule has 0 unspecified atom stereocenters. The predicted molar refractivity (Wildman–Crippen MR) is 43.8 cm³/mol. The second-order valence-electron chi connectivity index (χ2n) is 3.71. The summed E-state index contributed by atoms with van der Waals surface area (Å²) in [7, 11) is -2.91. The summed E-state index contributed by atoms with van der Waals surface area (Å²) in [5.41, 5.74) is 0. The number of hydrogen-bond acceptors (Lipinski definition) is 2. The molecule has 2 nitrogen and oxygen atoms in total. The molecule has 0 saturated heterocycles. The zero-order valence-electron chi connectivity index (χ0n) is 7.30. The fraction of sp³-hybridized carbons (Fsp3) is 1.00. The van der Waals surface area contributed by atoms with E-state index in [0.717, 1.165) is 0 Å². The molecule has 0 fully saturated rings. The van der Waals surface area contributed by atoms with Gasteiger partial charge in [-0.2, -0.15) is 0 Å². The van der Waals surface area contributed by atoms with Gasteiger partial charge in [0.05, 0.1) is 10.00 Å². The maximum Gasteiger partial charge on any atom is 0.157 e. The fourth-order valence-corrected chi connectivity index (χ4v) is 2.12. The van der Waals surface area contributed by atoms with Crippen LogP contribution in [0, 0.1) is 0 Å². The Morgan fingerprint density at radius 1 is 1.10 bits per heavy atom. The van der Waals surface area contributed by atoms with Crippen LogP contribution in [-0.2, 0) is 9.84 Å². The summed E-state index contributed by atoms with van der Waals surface area (Å²) in [4.78, 5) is 0. The van der Waals surface area contributed by atoms with Crippen LogP contribution in [0.2, 0.25) is 0 Å².